The average molecular weight is 296 g/mol. The zero-order chi connectivity index (χ0) is 11.2. The van der Waals surface area contributed by atoms with Gasteiger partial charge in [0.2, 0.25) is 0 Å². The quantitative estimate of drug-likeness (QED) is 0.358. The topological polar surface area (TPSA) is 0 Å². The second kappa shape index (κ2) is 6.96. The minimum atomic E-state index is -2.36. The van der Waals surface area contributed by atoms with Crippen LogP contribution >= 0.6 is 40.5 Å². The van der Waals surface area contributed by atoms with E-state index in [-0.39, 0.29) is 0 Å². The monoisotopic (exact) mass is 294 g/mol. The fourth-order valence-electron chi connectivity index (χ4n) is 1.94. The average Bonchev–Trinajstić information content (AvgIpc) is 2.11. The van der Waals surface area contributed by atoms with E-state index < -0.39 is 13.3 Å². The summed E-state index contributed by atoms with van der Waals surface area (Å²) in [6.07, 6.45) is 6.60. The Hall–Kier alpha value is 1.52. The summed E-state index contributed by atoms with van der Waals surface area (Å²) in [7, 11) is -0.971. The third-order valence-electron chi connectivity index (χ3n) is 3.42. The van der Waals surface area contributed by atoms with Gasteiger partial charge < -0.3 is 0 Å². The van der Waals surface area contributed by atoms with Gasteiger partial charge in [0.15, 0.2) is 0 Å². The molecule has 0 aromatic carbocycles. The zero-order valence-electron chi connectivity index (χ0n) is 9.38. The van der Waals surface area contributed by atoms with E-state index in [4.69, 9.17) is 33.2 Å². The zero-order valence-corrected chi connectivity index (χ0v) is 13.6. The summed E-state index contributed by atoms with van der Waals surface area (Å²) in [5.74, 6) is 0. The van der Waals surface area contributed by atoms with Crippen molar-refractivity contribution in [3.8, 4) is 0 Å². The van der Waals surface area contributed by atoms with Crippen LogP contribution in [0.3, 0.4) is 0 Å². The van der Waals surface area contributed by atoms with Gasteiger partial charge in [-0.2, -0.15) is 0 Å². The second-order valence-corrected chi connectivity index (χ2v) is 18.9. The van der Waals surface area contributed by atoms with Crippen molar-refractivity contribution < 1.29 is 0 Å². The van der Waals surface area contributed by atoms with Crippen LogP contribution in [0.1, 0.15) is 27.2 Å². The normalized spacial score (nSPS) is 14.4. The van der Waals surface area contributed by atoms with Crippen molar-refractivity contribution in [3.63, 3.8) is 0 Å². The Labute approximate surface area is 104 Å². The van der Waals surface area contributed by atoms with Crippen molar-refractivity contribution in [2.45, 2.75) is 33.2 Å². The first kappa shape index (κ1) is 15.5. The molecule has 0 saturated carbocycles. The molecule has 0 rings (SSSR count). The van der Waals surface area contributed by atoms with Gasteiger partial charge in [0.25, 0.3) is 0 Å². The van der Waals surface area contributed by atoms with Crippen molar-refractivity contribution >= 4 is 46.5 Å². The Morgan fingerprint density at radius 1 is 0.929 bits per heavy atom. The molecule has 0 aromatic heterocycles. The van der Waals surface area contributed by atoms with Crippen LogP contribution in [-0.4, -0.2) is 30.7 Å². The fourth-order valence-corrected chi connectivity index (χ4v) is 7.57. The molecule has 14 heavy (non-hydrogen) atoms. The number of halogens is 3. The maximum atomic E-state index is 5.88. The molecule has 0 N–H and O–H groups in total. The van der Waals surface area contributed by atoms with Gasteiger partial charge in [0, 0.05) is 0 Å². The first-order valence-electron chi connectivity index (χ1n) is 5.46. The van der Waals surface area contributed by atoms with Crippen LogP contribution in [0.2, 0.25) is 6.04 Å². The van der Waals surface area contributed by atoms with E-state index in [1.54, 1.807) is 0 Å². The third kappa shape index (κ3) is 6.18. The van der Waals surface area contributed by atoms with Crippen LogP contribution < -0.4 is 0 Å². The van der Waals surface area contributed by atoms with Crippen molar-refractivity contribution in [3.05, 3.63) is 0 Å². The van der Waals surface area contributed by atoms with E-state index >= 15 is 0 Å². The predicted molar refractivity (Wildman–Crippen MR) is 77.5 cm³/mol. The number of hydrogen-bond acceptors (Lipinski definition) is 0. The Bertz CT molecular complexity index is 146. The number of rotatable bonds is 7. The molecule has 0 aliphatic rings. The Morgan fingerprint density at radius 3 is 1.64 bits per heavy atom. The fraction of sp³-hybridized carbons (Fsp3) is 1.00. The van der Waals surface area contributed by atoms with Gasteiger partial charge in [-0.25, -0.2) is 0 Å². The summed E-state index contributed by atoms with van der Waals surface area (Å²) >= 11 is 17.6. The van der Waals surface area contributed by atoms with E-state index in [1.165, 1.54) is 24.6 Å². The van der Waals surface area contributed by atoms with E-state index in [0.717, 1.165) is 12.5 Å². The molecule has 88 valence electrons. The predicted octanol–water partition coefficient (Wildman–Crippen LogP) is 4.84. The molecule has 5 heteroatoms. The molecule has 0 amide bonds. The second-order valence-electron chi connectivity index (χ2n) is 4.03. The van der Waals surface area contributed by atoms with Gasteiger partial charge in [0.05, 0.1) is 0 Å². The molecular formula is C9H22Cl3PSi. The SMILES string of the molecule is CC[PH](CC)(CC)CCC[Si](Cl)(Cl)Cl. The van der Waals surface area contributed by atoms with Gasteiger partial charge >= 0.3 is 104 Å². The molecule has 0 bridgehead atoms. The number of hydrogen-bond donors (Lipinski definition) is 0. The molecule has 0 atom stereocenters. The Kier molecular flexibility index (Phi) is 7.72. The molecule has 0 spiro atoms. The summed E-state index contributed by atoms with van der Waals surface area (Å²) in [5, 5.41) is 0. The minimum absolute atomic E-state index is 0.840. The molecule has 0 fully saturated rings. The molecule has 0 radical (unpaired) electrons. The molecule has 0 nitrogen and oxygen atoms in total. The van der Waals surface area contributed by atoms with Gasteiger partial charge in [-0.05, 0) is 0 Å². The van der Waals surface area contributed by atoms with E-state index in [2.05, 4.69) is 20.8 Å². The van der Waals surface area contributed by atoms with E-state index in [1.807, 2.05) is 0 Å². The molecule has 0 aromatic rings. The maximum absolute atomic E-state index is 5.88. The molecule has 0 unspecified atom stereocenters. The van der Waals surface area contributed by atoms with Crippen LogP contribution in [-0.2, 0) is 0 Å². The standard InChI is InChI=1S/C9H22Cl3PSi/c1-4-13(5-2,6-3)8-7-9-14(10,11)12/h13H,4-9H2,1-3H3. The van der Waals surface area contributed by atoms with Crippen LogP contribution in [0.4, 0.5) is 0 Å². The Balaban J connectivity index is 3.95. The first-order chi connectivity index (χ1) is 6.39. The summed E-state index contributed by atoms with van der Waals surface area (Å²) in [4.78, 5) is 0. The van der Waals surface area contributed by atoms with Crippen molar-refractivity contribution in [2.24, 2.45) is 0 Å². The molecule has 0 saturated heterocycles. The summed E-state index contributed by atoms with van der Waals surface area (Å²) < 4.78 is 0. The Morgan fingerprint density at radius 2 is 1.36 bits per heavy atom. The molecule has 0 aliphatic carbocycles. The molecule has 0 aliphatic heterocycles. The van der Waals surface area contributed by atoms with Crippen molar-refractivity contribution in [1.82, 2.24) is 0 Å². The van der Waals surface area contributed by atoms with Crippen LogP contribution in [0.5, 0.6) is 0 Å². The van der Waals surface area contributed by atoms with Crippen LogP contribution in [0.25, 0.3) is 0 Å². The van der Waals surface area contributed by atoms with Gasteiger partial charge in [-0.3, -0.25) is 0 Å². The molecule has 0 heterocycles. The van der Waals surface area contributed by atoms with Crippen molar-refractivity contribution in [1.29, 1.82) is 0 Å². The van der Waals surface area contributed by atoms with Crippen molar-refractivity contribution in [2.75, 3.05) is 24.6 Å². The summed E-state index contributed by atoms with van der Waals surface area (Å²) in [5.41, 5.74) is 0. The van der Waals surface area contributed by atoms with E-state index in [9.17, 15) is 0 Å². The van der Waals surface area contributed by atoms with Gasteiger partial charge in [0.1, 0.15) is 0 Å². The van der Waals surface area contributed by atoms with Crippen LogP contribution in [0, 0.1) is 0 Å². The molecular weight excluding hydrogens is 274 g/mol. The summed E-state index contributed by atoms with van der Waals surface area (Å²) in [6, 6.07) is -1.52. The van der Waals surface area contributed by atoms with Gasteiger partial charge in [-0.1, -0.05) is 0 Å². The van der Waals surface area contributed by atoms with Crippen LogP contribution in [0.15, 0.2) is 0 Å². The first-order valence-corrected chi connectivity index (χ1v) is 13.5. The summed E-state index contributed by atoms with van der Waals surface area (Å²) in [6.45, 7) is 6.98. The van der Waals surface area contributed by atoms with Gasteiger partial charge in [-0.15, -0.1) is 0 Å². The third-order valence-corrected chi connectivity index (χ3v) is 12.0. The van der Waals surface area contributed by atoms with E-state index in [0.29, 0.717) is 0 Å².